The number of benzene rings is 1. The molecule has 0 radical (unpaired) electrons. The van der Waals surface area contributed by atoms with Crippen molar-refractivity contribution < 1.29 is 0 Å². The molecule has 0 aliphatic carbocycles. The summed E-state index contributed by atoms with van der Waals surface area (Å²) in [7, 11) is 0. The van der Waals surface area contributed by atoms with E-state index in [4.69, 9.17) is 0 Å². The first kappa shape index (κ1) is 16.8. The van der Waals surface area contributed by atoms with Crippen molar-refractivity contribution in [2.75, 3.05) is 5.75 Å². The Bertz CT molecular complexity index is 448. The average molecular weight is 286 g/mol. The standard InChI is InChI=1S/C19H26S/c1-4-6-8-11-17(3)19(14-5-2,15-16-20)18-12-9-7-10-13-18/h4,6-13,20H,3,5,14-16H2,1-2H3/b6-4-,11-8-. The largest absolute Gasteiger partial charge is 0.179 e. The van der Waals surface area contributed by atoms with E-state index in [0.717, 1.165) is 25.0 Å². The van der Waals surface area contributed by atoms with Gasteiger partial charge >= 0.3 is 0 Å². The van der Waals surface area contributed by atoms with Gasteiger partial charge in [-0.15, -0.1) is 0 Å². The van der Waals surface area contributed by atoms with Crippen molar-refractivity contribution in [3.8, 4) is 0 Å². The molecule has 0 N–H and O–H groups in total. The fourth-order valence-corrected chi connectivity index (χ4v) is 3.12. The third-order valence-electron chi connectivity index (χ3n) is 3.76. The van der Waals surface area contributed by atoms with Gasteiger partial charge in [-0.3, -0.25) is 0 Å². The highest BCUT2D eigenvalue weighted by atomic mass is 32.1. The van der Waals surface area contributed by atoms with Gasteiger partial charge in [-0.1, -0.05) is 74.6 Å². The maximum Gasteiger partial charge on any atom is 0.0204 e. The Labute approximate surface area is 129 Å². The van der Waals surface area contributed by atoms with Crippen LogP contribution in [0.15, 0.2) is 66.8 Å². The van der Waals surface area contributed by atoms with Crippen LogP contribution in [0.4, 0.5) is 0 Å². The van der Waals surface area contributed by atoms with E-state index in [-0.39, 0.29) is 5.41 Å². The van der Waals surface area contributed by atoms with Gasteiger partial charge in [-0.2, -0.15) is 12.6 Å². The summed E-state index contributed by atoms with van der Waals surface area (Å²) in [6.07, 6.45) is 11.6. The van der Waals surface area contributed by atoms with Gasteiger partial charge in [0.2, 0.25) is 0 Å². The van der Waals surface area contributed by atoms with Crippen LogP contribution >= 0.6 is 12.6 Å². The van der Waals surface area contributed by atoms with Crippen molar-refractivity contribution in [2.24, 2.45) is 0 Å². The van der Waals surface area contributed by atoms with E-state index < -0.39 is 0 Å². The van der Waals surface area contributed by atoms with E-state index in [9.17, 15) is 0 Å². The average Bonchev–Trinajstić information content (AvgIpc) is 2.48. The topological polar surface area (TPSA) is 0 Å². The molecule has 0 aliphatic heterocycles. The molecule has 1 heteroatoms. The summed E-state index contributed by atoms with van der Waals surface area (Å²) in [5.74, 6) is 0.866. The lowest BCUT2D eigenvalue weighted by Crippen LogP contribution is -2.28. The van der Waals surface area contributed by atoms with E-state index in [0.29, 0.717) is 0 Å². The smallest absolute Gasteiger partial charge is 0.0204 e. The zero-order chi connectivity index (χ0) is 14.8. The molecule has 0 nitrogen and oxygen atoms in total. The molecule has 1 rings (SSSR count). The molecule has 0 spiro atoms. The van der Waals surface area contributed by atoms with Crippen molar-refractivity contribution in [1.82, 2.24) is 0 Å². The Balaban J connectivity index is 3.20. The van der Waals surface area contributed by atoms with E-state index in [2.05, 4.69) is 68.6 Å². The van der Waals surface area contributed by atoms with Crippen molar-refractivity contribution in [3.63, 3.8) is 0 Å². The van der Waals surface area contributed by atoms with E-state index in [1.165, 1.54) is 11.1 Å². The third kappa shape index (κ3) is 4.14. The highest BCUT2D eigenvalue weighted by Crippen LogP contribution is 2.40. The first-order valence-corrected chi connectivity index (χ1v) is 7.99. The minimum atomic E-state index is 0.00976. The molecule has 20 heavy (non-hydrogen) atoms. The number of hydrogen-bond acceptors (Lipinski definition) is 1. The zero-order valence-electron chi connectivity index (χ0n) is 12.7. The van der Waals surface area contributed by atoms with Crippen LogP contribution in [0.5, 0.6) is 0 Å². The Morgan fingerprint density at radius 1 is 1.20 bits per heavy atom. The summed E-state index contributed by atoms with van der Waals surface area (Å²) in [6.45, 7) is 8.62. The van der Waals surface area contributed by atoms with Crippen molar-refractivity contribution >= 4 is 12.6 Å². The lowest BCUT2D eigenvalue weighted by molar-refractivity contribution is 0.454. The number of hydrogen-bond donors (Lipinski definition) is 1. The van der Waals surface area contributed by atoms with E-state index >= 15 is 0 Å². The molecule has 1 aromatic carbocycles. The third-order valence-corrected chi connectivity index (χ3v) is 3.98. The van der Waals surface area contributed by atoms with Crippen LogP contribution in [0, 0.1) is 0 Å². The van der Waals surface area contributed by atoms with Crippen LogP contribution in [0.1, 0.15) is 38.7 Å². The van der Waals surface area contributed by atoms with Gasteiger partial charge in [0.1, 0.15) is 0 Å². The van der Waals surface area contributed by atoms with Crippen molar-refractivity contribution in [3.05, 3.63) is 72.4 Å². The molecule has 108 valence electrons. The molecular weight excluding hydrogens is 260 g/mol. The summed E-state index contributed by atoms with van der Waals surface area (Å²) in [6, 6.07) is 10.7. The monoisotopic (exact) mass is 286 g/mol. The maximum atomic E-state index is 4.48. The van der Waals surface area contributed by atoms with E-state index in [1.54, 1.807) is 0 Å². The van der Waals surface area contributed by atoms with Crippen LogP contribution in [0.3, 0.4) is 0 Å². The molecule has 0 fully saturated rings. The minimum Gasteiger partial charge on any atom is -0.179 e. The molecule has 0 aromatic heterocycles. The van der Waals surface area contributed by atoms with Crippen molar-refractivity contribution in [2.45, 2.75) is 38.5 Å². The lowest BCUT2D eigenvalue weighted by Gasteiger charge is -2.35. The summed E-state index contributed by atoms with van der Waals surface area (Å²) in [4.78, 5) is 0. The summed E-state index contributed by atoms with van der Waals surface area (Å²) in [5, 5.41) is 0. The molecule has 0 aliphatic rings. The second-order valence-corrected chi connectivity index (χ2v) is 5.53. The zero-order valence-corrected chi connectivity index (χ0v) is 13.6. The molecule has 0 bridgehead atoms. The predicted octanol–water partition coefficient (Wildman–Crippen LogP) is 5.73. The van der Waals surface area contributed by atoms with Crippen molar-refractivity contribution in [1.29, 1.82) is 0 Å². The maximum absolute atomic E-state index is 4.48. The highest BCUT2D eigenvalue weighted by molar-refractivity contribution is 7.80. The van der Waals surface area contributed by atoms with Gasteiger partial charge in [0.05, 0.1) is 0 Å². The van der Waals surface area contributed by atoms with Gasteiger partial charge in [0.15, 0.2) is 0 Å². The second kappa shape index (κ2) is 8.86. The molecule has 1 atom stereocenters. The molecule has 1 unspecified atom stereocenters. The number of thiol groups is 1. The van der Waals surface area contributed by atoms with Crippen LogP contribution in [-0.2, 0) is 5.41 Å². The predicted molar refractivity (Wildman–Crippen MR) is 94.6 cm³/mol. The van der Waals surface area contributed by atoms with Crippen LogP contribution < -0.4 is 0 Å². The quantitative estimate of drug-likeness (QED) is 0.457. The lowest BCUT2D eigenvalue weighted by atomic mass is 9.69. The molecular formula is C19H26S. The minimum absolute atomic E-state index is 0.00976. The van der Waals surface area contributed by atoms with Crippen LogP contribution in [0.2, 0.25) is 0 Å². The van der Waals surface area contributed by atoms with E-state index in [1.807, 2.05) is 19.1 Å². The van der Waals surface area contributed by atoms with Crippen LogP contribution in [0.25, 0.3) is 0 Å². The first-order chi connectivity index (χ1) is 9.71. The van der Waals surface area contributed by atoms with Gasteiger partial charge in [0.25, 0.3) is 0 Å². The van der Waals surface area contributed by atoms with Gasteiger partial charge < -0.3 is 0 Å². The fourth-order valence-electron chi connectivity index (χ4n) is 2.74. The first-order valence-electron chi connectivity index (χ1n) is 7.36. The normalized spacial score (nSPS) is 14.8. The van der Waals surface area contributed by atoms with Gasteiger partial charge in [-0.25, -0.2) is 0 Å². The Morgan fingerprint density at radius 3 is 2.45 bits per heavy atom. The molecule has 0 saturated heterocycles. The van der Waals surface area contributed by atoms with Gasteiger partial charge in [0, 0.05) is 5.41 Å². The fraction of sp³-hybridized carbons (Fsp3) is 0.368. The van der Waals surface area contributed by atoms with Gasteiger partial charge in [-0.05, 0) is 36.7 Å². The summed E-state index contributed by atoms with van der Waals surface area (Å²) in [5.41, 5.74) is 2.54. The number of allylic oxidation sites excluding steroid dienone is 5. The number of rotatable bonds is 8. The molecule has 0 heterocycles. The molecule has 0 amide bonds. The Morgan fingerprint density at radius 2 is 1.90 bits per heavy atom. The molecule has 1 aromatic rings. The Hall–Kier alpha value is -1.21. The molecule has 0 saturated carbocycles. The highest BCUT2D eigenvalue weighted by Gasteiger charge is 2.32. The SMILES string of the molecule is C=C(/C=C\C=C/C)C(CCC)(CCS)c1ccccc1. The summed E-state index contributed by atoms with van der Waals surface area (Å²) >= 11 is 4.48. The van der Waals surface area contributed by atoms with Crippen LogP contribution in [-0.4, -0.2) is 5.75 Å². The Kier molecular flexibility index (Phi) is 7.46. The second-order valence-electron chi connectivity index (χ2n) is 5.08. The summed E-state index contributed by atoms with van der Waals surface area (Å²) < 4.78 is 0.